The summed E-state index contributed by atoms with van der Waals surface area (Å²) in [6.07, 6.45) is 0.193. The molecule has 0 spiro atoms. The highest BCUT2D eigenvalue weighted by Crippen LogP contribution is 2.32. The van der Waals surface area contributed by atoms with Crippen molar-refractivity contribution < 1.29 is 14.4 Å². The Morgan fingerprint density at radius 2 is 2.04 bits per heavy atom. The van der Waals surface area contributed by atoms with E-state index in [0.717, 1.165) is 16.1 Å². The first-order chi connectivity index (χ1) is 11.5. The average Bonchev–Trinajstić information content (AvgIpc) is 2.54. The van der Waals surface area contributed by atoms with Gasteiger partial charge in [0.15, 0.2) is 5.78 Å². The SMILES string of the molecule is CC(=O)c1cccc(NC(=O)Cc2ccc3c(c2)NC(=O)CS3)c1. The van der Waals surface area contributed by atoms with E-state index in [1.807, 2.05) is 18.2 Å². The third-order valence-electron chi connectivity index (χ3n) is 3.59. The van der Waals surface area contributed by atoms with Gasteiger partial charge in [0, 0.05) is 16.1 Å². The van der Waals surface area contributed by atoms with E-state index in [-0.39, 0.29) is 24.0 Å². The second kappa shape index (κ2) is 6.88. The molecule has 0 aliphatic carbocycles. The average molecular weight is 340 g/mol. The molecule has 0 unspecified atom stereocenters. The van der Waals surface area contributed by atoms with Crippen molar-refractivity contribution in [3.05, 3.63) is 53.6 Å². The van der Waals surface area contributed by atoms with Crippen LogP contribution < -0.4 is 10.6 Å². The Labute approximate surface area is 143 Å². The Kier molecular flexibility index (Phi) is 4.66. The number of carbonyl (C=O) groups excluding carboxylic acids is 3. The third kappa shape index (κ3) is 3.83. The van der Waals surface area contributed by atoms with Crippen molar-refractivity contribution >= 4 is 40.7 Å². The summed E-state index contributed by atoms with van der Waals surface area (Å²) in [5.41, 5.74) is 2.72. The number of fused-ring (bicyclic) bond motifs is 1. The van der Waals surface area contributed by atoms with Gasteiger partial charge >= 0.3 is 0 Å². The van der Waals surface area contributed by atoms with Crippen LogP contribution in [0.25, 0.3) is 0 Å². The highest BCUT2D eigenvalue weighted by molar-refractivity contribution is 8.00. The topological polar surface area (TPSA) is 75.3 Å². The Balaban J connectivity index is 1.69. The summed E-state index contributed by atoms with van der Waals surface area (Å²) in [4.78, 5) is 36.1. The van der Waals surface area contributed by atoms with Crippen molar-refractivity contribution in [2.45, 2.75) is 18.2 Å². The number of hydrogen-bond acceptors (Lipinski definition) is 4. The molecule has 1 aliphatic rings. The minimum atomic E-state index is -0.176. The van der Waals surface area contributed by atoms with Crippen LogP contribution in [0.3, 0.4) is 0 Å². The second-order valence-corrected chi connectivity index (χ2v) is 6.55. The molecule has 3 rings (SSSR count). The van der Waals surface area contributed by atoms with Crippen LogP contribution in [0.2, 0.25) is 0 Å². The monoisotopic (exact) mass is 340 g/mol. The van der Waals surface area contributed by atoms with E-state index in [9.17, 15) is 14.4 Å². The molecule has 0 saturated heterocycles. The fourth-order valence-electron chi connectivity index (χ4n) is 2.45. The van der Waals surface area contributed by atoms with Crippen molar-refractivity contribution in [3.63, 3.8) is 0 Å². The summed E-state index contributed by atoms with van der Waals surface area (Å²) < 4.78 is 0. The Hall–Kier alpha value is -2.60. The van der Waals surface area contributed by atoms with Crippen molar-refractivity contribution in [1.82, 2.24) is 0 Å². The number of rotatable bonds is 4. The molecular weight excluding hydrogens is 324 g/mol. The summed E-state index contributed by atoms with van der Waals surface area (Å²) in [5.74, 6) is 0.161. The summed E-state index contributed by atoms with van der Waals surface area (Å²) in [6.45, 7) is 1.49. The summed E-state index contributed by atoms with van der Waals surface area (Å²) >= 11 is 1.49. The van der Waals surface area contributed by atoms with Gasteiger partial charge in [-0.05, 0) is 36.8 Å². The molecule has 0 bridgehead atoms. The molecule has 0 aromatic heterocycles. The molecule has 5 nitrogen and oxygen atoms in total. The Morgan fingerprint density at radius 1 is 1.21 bits per heavy atom. The van der Waals surface area contributed by atoms with Gasteiger partial charge < -0.3 is 10.6 Å². The van der Waals surface area contributed by atoms with Crippen LogP contribution in [0.5, 0.6) is 0 Å². The predicted octanol–water partition coefficient (Wildman–Crippen LogP) is 3.11. The molecular formula is C18H16N2O3S. The summed E-state index contributed by atoms with van der Waals surface area (Å²) in [7, 11) is 0. The number of thioether (sulfide) groups is 1. The second-order valence-electron chi connectivity index (χ2n) is 5.53. The molecule has 2 N–H and O–H groups in total. The van der Waals surface area contributed by atoms with Crippen LogP contribution in [-0.2, 0) is 16.0 Å². The van der Waals surface area contributed by atoms with Crippen LogP contribution >= 0.6 is 11.8 Å². The van der Waals surface area contributed by atoms with E-state index in [1.54, 1.807) is 24.3 Å². The lowest BCUT2D eigenvalue weighted by Gasteiger charge is -2.17. The molecule has 0 saturated carbocycles. The van der Waals surface area contributed by atoms with E-state index < -0.39 is 0 Å². The van der Waals surface area contributed by atoms with Crippen molar-refractivity contribution in [2.75, 3.05) is 16.4 Å². The lowest BCUT2D eigenvalue weighted by Crippen LogP contribution is -2.19. The highest BCUT2D eigenvalue weighted by Gasteiger charge is 2.16. The third-order valence-corrected chi connectivity index (χ3v) is 4.67. The number of benzene rings is 2. The minimum absolute atomic E-state index is 0.0323. The molecule has 122 valence electrons. The van der Waals surface area contributed by atoms with Gasteiger partial charge in [0.1, 0.15) is 0 Å². The van der Waals surface area contributed by atoms with Crippen LogP contribution in [0.1, 0.15) is 22.8 Å². The summed E-state index contributed by atoms with van der Waals surface area (Å²) in [5, 5.41) is 5.60. The smallest absolute Gasteiger partial charge is 0.234 e. The van der Waals surface area contributed by atoms with E-state index >= 15 is 0 Å². The van der Waals surface area contributed by atoms with Gasteiger partial charge in [-0.3, -0.25) is 14.4 Å². The molecule has 0 fully saturated rings. The van der Waals surface area contributed by atoms with Gasteiger partial charge in [-0.25, -0.2) is 0 Å². The first-order valence-electron chi connectivity index (χ1n) is 7.48. The molecule has 2 aromatic carbocycles. The standard InChI is InChI=1S/C18H16N2O3S/c1-11(21)13-3-2-4-14(9-13)19-17(22)8-12-5-6-16-15(7-12)20-18(23)10-24-16/h2-7,9H,8,10H2,1H3,(H,19,22)(H,20,23). The number of hydrogen-bond donors (Lipinski definition) is 2. The van der Waals surface area contributed by atoms with E-state index in [2.05, 4.69) is 10.6 Å². The van der Waals surface area contributed by atoms with Gasteiger partial charge in [-0.15, -0.1) is 11.8 Å². The number of ketones is 1. The predicted molar refractivity (Wildman–Crippen MR) is 94.6 cm³/mol. The zero-order valence-corrected chi connectivity index (χ0v) is 13.9. The van der Waals surface area contributed by atoms with Crippen LogP contribution in [0.15, 0.2) is 47.4 Å². The fourth-order valence-corrected chi connectivity index (χ4v) is 3.24. The largest absolute Gasteiger partial charge is 0.326 e. The van der Waals surface area contributed by atoms with Crippen molar-refractivity contribution in [3.8, 4) is 0 Å². The van der Waals surface area contributed by atoms with E-state index in [1.165, 1.54) is 18.7 Å². The molecule has 1 heterocycles. The Bertz CT molecular complexity index is 833. The number of nitrogens with one attached hydrogen (secondary N) is 2. The number of Topliss-reactive ketones (excluding diaryl/α,β-unsaturated/α-hetero) is 1. The van der Waals surface area contributed by atoms with Crippen LogP contribution in [-0.4, -0.2) is 23.4 Å². The first kappa shape index (κ1) is 16.3. The maximum absolute atomic E-state index is 12.2. The van der Waals surface area contributed by atoms with Gasteiger partial charge in [-0.2, -0.15) is 0 Å². The normalized spacial score (nSPS) is 13.0. The minimum Gasteiger partial charge on any atom is -0.326 e. The Morgan fingerprint density at radius 3 is 2.83 bits per heavy atom. The quantitative estimate of drug-likeness (QED) is 0.839. The number of anilines is 2. The van der Waals surface area contributed by atoms with Crippen LogP contribution in [0, 0.1) is 0 Å². The van der Waals surface area contributed by atoms with Crippen molar-refractivity contribution in [2.24, 2.45) is 0 Å². The fraction of sp³-hybridized carbons (Fsp3) is 0.167. The lowest BCUT2D eigenvalue weighted by atomic mass is 10.1. The van der Waals surface area contributed by atoms with Gasteiger partial charge in [0.05, 0.1) is 17.9 Å². The molecule has 24 heavy (non-hydrogen) atoms. The van der Waals surface area contributed by atoms with Crippen molar-refractivity contribution in [1.29, 1.82) is 0 Å². The van der Waals surface area contributed by atoms with Gasteiger partial charge in [-0.1, -0.05) is 18.2 Å². The number of carbonyl (C=O) groups is 3. The molecule has 2 aromatic rings. The molecule has 6 heteroatoms. The zero-order chi connectivity index (χ0) is 17.1. The number of amides is 2. The van der Waals surface area contributed by atoms with Gasteiger partial charge in [0.25, 0.3) is 0 Å². The van der Waals surface area contributed by atoms with E-state index in [0.29, 0.717) is 17.0 Å². The molecule has 2 amide bonds. The first-order valence-corrected chi connectivity index (χ1v) is 8.46. The van der Waals surface area contributed by atoms with Crippen LogP contribution in [0.4, 0.5) is 11.4 Å². The maximum atomic E-state index is 12.2. The molecule has 1 aliphatic heterocycles. The summed E-state index contributed by atoms with van der Waals surface area (Å²) in [6, 6.07) is 12.5. The highest BCUT2D eigenvalue weighted by atomic mass is 32.2. The van der Waals surface area contributed by atoms with E-state index in [4.69, 9.17) is 0 Å². The lowest BCUT2D eigenvalue weighted by molar-refractivity contribution is -0.115. The van der Waals surface area contributed by atoms with Gasteiger partial charge in [0.2, 0.25) is 11.8 Å². The molecule has 0 radical (unpaired) electrons. The maximum Gasteiger partial charge on any atom is 0.234 e. The molecule has 0 atom stereocenters. The zero-order valence-electron chi connectivity index (χ0n) is 13.1.